The molecule has 1 saturated heterocycles. The first-order valence-electron chi connectivity index (χ1n) is 9.26. The predicted octanol–water partition coefficient (Wildman–Crippen LogP) is 3.82. The summed E-state index contributed by atoms with van der Waals surface area (Å²) in [6.07, 6.45) is 1.67. The number of aryl methyl sites for hydroxylation is 2. The van der Waals surface area contributed by atoms with Crippen LogP contribution in [-0.2, 0) is 20.7 Å². The lowest BCUT2D eigenvalue weighted by molar-refractivity contribution is -0.142. The summed E-state index contributed by atoms with van der Waals surface area (Å²) in [6, 6.07) is 13.1. The van der Waals surface area contributed by atoms with Gasteiger partial charge in [-0.3, -0.25) is 9.59 Å². The Bertz CT molecular complexity index is 787. The molecule has 2 aromatic carbocycles. The molecule has 0 aromatic heterocycles. The van der Waals surface area contributed by atoms with Gasteiger partial charge in [-0.25, -0.2) is 0 Å². The van der Waals surface area contributed by atoms with E-state index in [1.165, 1.54) is 0 Å². The average molecular weight is 367 g/mol. The molecule has 0 atom stereocenters. The lowest BCUT2D eigenvalue weighted by atomic mass is 10.0. The largest absolute Gasteiger partial charge is 0.426 e. The number of rotatable bonds is 5. The van der Waals surface area contributed by atoms with Gasteiger partial charge in [0, 0.05) is 18.9 Å². The summed E-state index contributed by atoms with van der Waals surface area (Å²) in [5.74, 6) is 0.123. The molecule has 5 nitrogen and oxygen atoms in total. The van der Waals surface area contributed by atoms with Crippen LogP contribution in [0.4, 0.5) is 5.69 Å². The first kappa shape index (κ1) is 19.1. The standard InChI is InChI=1S/C22H25NO4/c1-15-11-16(2)13-19(12-15)23-21(24)14-17-3-5-20(6-4-17)27-22(25)18-7-9-26-10-8-18/h3-6,11-13,18H,7-10,14H2,1-2H3,(H,23,24). The highest BCUT2D eigenvalue weighted by molar-refractivity contribution is 5.92. The van der Waals surface area contributed by atoms with Gasteiger partial charge < -0.3 is 14.8 Å². The Morgan fingerprint density at radius 2 is 1.67 bits per heavy atom. The Kier molecular flexibility index (Phi) is 6.24. The Morgan fingerprint density at radius 3 is 2.30 bits per heavy atom. The number of carbonyl (C=O) groups excluding carboxylic acids is 2. The summed E-state index contributed by atoms with van der Waals surface area (Å²) in [4.78, 5) is 24.4. The Hall–Kier alpha value is -2.66. The number of ether oxygens (including phenoxy) is 2. The highest BCUT2D eigenvalue weighted by Gasteiger charge is 2.23. The molecule has 1 aliphatic heterocycles. The van der Waals surface area contributed by atoms with Crippen molar-refractivity contribution in [3.8, 4) is 5.75 Å². The Balaban J connectivity index is 1.53. The zero-order chi connectivity index (χ0) is 19.2. The third kappa shape index (κ3) is 5.66. The number of amides is 1. The Labute approximate surface area is 159 Å². The van der Waals surface area contributed by atoms with Gasteiger partial charge in [0.05, 0.1) is 12.3 Å². The summed E-state index contributed by atoms with van der Waals surface area (Å²) in [5, 5.41) is 2.93. The number of nitrogens with one attached hydrogen (secondary N) is 1. The summed E-state index contributed by atoms with van der Waals surface area (Å²) >= 11 is 0. The fourth-order valence-corrected chi connectivity index (χ4v) is 3.25. The molecule has 0 spiro atoms. The maximum absolute atomic E-state index is 12.3. The van der Waals surface area contributed by atoms with E-state index < -0.39 is 0 Å². The van der Waals surface area contributed by atoms with Crippen molar-refractivity contribution in [3.05, 3.63) is 59.2 Å². The second kappa shape index (κ2) is 8.82. The van der Waals surface area contributed by atoms with Crippen LogP contribution >= 0.6 is 0 Å². The minimum atomic E-state index is -0.210. The molecule has 0 aliphatic carbocycles. The molecular weight excluding hydrogens is 342 g/mol. The summed E-state index contributed by atoms with van der Waals surface area (Å²) < 4.78 is 10.7. The summed E-state index contributed by atoms with van der Waals surface area (Å²) in [5.41, 5.74) is 3.89. The molecule has 27 heavy (non-hydrogen) atoms. The summed E-state index contributed by atoms with van der Waals surface area (Å²) in [6.45, 7) is 5.22. The van der Waals surface area contributed by atoms with Gasteiger partial charge in [-0.2, -0.15) is 0 Å². The third-order valence-electron chi connectivity index (χ3n) is 4.57. The normalized spacial score (nSPS) is 14.6. The molecule has 3 rings (SSSR count). The number of carbonyl (C=O) groups is 2. The van der Waals surface area contributed by atoms with Crippen molar-refractivity contribution in [1.82, 2.24) is 0 Å². The van der Waals surface area contributed by atoms with Crippen molar-refractivity contribution in [1.29, 1.82) is 0 Å². The van der Waals surface area contributed by atoms with Crippen LogP contribution in [0.25, 0.3) is 0 Å². The Morgan fingerprint density at radius 1 is 1.04 bits per heavy atom. The molecular formula is C22H25NO4. The topological polar surface area (TPSA) is 64.6 Å². The second-order valence-corrected chi connectivity index (χ2v) is 7.05. The fourth-order valence-electron chi connectivity index (χ4n) is 3.25. The average Bonchev–Trinajstić information content (AvgIpc) is 2.63. The van der Waals surface area contributed by atoms with E-state index in [9.17, 15) is 9.59 Å². The van der Waals surface area contributed by atoms with Crippen LogP contribution in [0.5, 0.6) is 5.75 Å². The van der Waals surface area contributed by atoms with E-state index in [2.05, 4.69) is 11.4 Å². The van der Waals surface area contributed by atoms with Crippen LogP contribution in [0.1, 0.15) is 29.5 Å². The highest BCUT2D eigenvalue weighted by Crippen LogP contribution is 2.20. The van der Waals surface area contributed by atoms with Crippen molar-refractivity contribution in [2.45, 2.75) is 33.1 Å². The van der Waals surface area contributed by atoms with Crippen LogP contribution in [0, 0.1) is 19.8 Å². The highest BCUT2D eigenvalue weighted by atomic mass is 16.5. The van der Waals surface area contributed by atoms with Gasteiger partial charge in [0.2, 0.25) is 5.91 Å². The lowest BCUT2D eigenvalue weighted by Gasteiger charge is -2.20. The van der Waals surface area contributed by atoms with Crippen LogP contribution < -0.4 is 10.1 Å². The minimum Gasteiger partial charge on any atom is -0.426 e. The lowest BCUT2D eigenvalue weighted by Crippen LogP contribution is -2.27. The van der Waals surface area contributed by atoms with Crippen molar-refractivity contribution in [3.63, 3.8) is 0 Å². The third-order valence-corrected chi connectivity index (χ3v) is 4.57. The minimum absolute atomic E-state index is 0.0769. The van der Waals surface area contributed by atoms with E-state index in [1.54, 1.807) is 12.1 Å². The van der Waals surface area contributed by atoms with Gasteiger partial charge in [0.25, 0.3) is 0 Å². The maximum atomic E-state index is 12.3. The number of hydrogen-bond donors (Lipinski definition) is 1. The summed E-state index contributed by atoms with van der Waals surface area (Å²) in [7, 11) is 0. The number of benzene rings is 2. The maximum Gasteiger partial charge on any atom is 0.314 e. The van der Waals surface area contributed by atoms with Crippen molar-refractivity contribution in [2.75, 3.05) is 18.5 Å². The van der Waals surface area contributed by atoms with Crippen molar-refractivity contribution >= 4 is 17.6 Å². The van der Waals surface area contributed by atoms with E-state index in [1.807, 2.05) is 38.1 Å². The van der Waals surface area contributed by atoms with E-state index in [4.69, 9.17) is 9.47 Å². The van der Waals surface area contributed by atoms with Crippen molar-refractivity contribution in [2.24, 2.45) is 5.92 Å². The number of anilines is 1. The van der Waals surface area contributed by atoms with E-state index in [0.29, 0.717) is 31.8 Å². The van der Waals surface area contributed by atoms with E-state index in [0.717, 1.165) is 22.4 Å². The SMILES string of the molecule is Cc1cc(C)cc(NC(=O)Cc2ccc(OC(=O)C3CCOCC3)cc2)c1. The quantitative estimate of drug-likeness (QED) is 0.645. The number of hydrogen-bond acceptors (Lipinski definition) is 4. The van der Waals surface area contributed by atoms with Gasteiger partial charge in [-0.15, -0.1) is 0 Å². The zero-order valence-corrected chi connectivity index (χ0v) is 15.8. The molecule has 1 fully saturated rings. The van der Waals surface area contributed by atoms with E-state index >= 15 is 0 Å². The molecule has 0 saturated carbocycles. The van der Waals surface area contributed by atoms with Gasteiger partial charge in [0.1, 0.15) is 5.75 Å². The van der Waals surface area contributed by atoms with Gasteiger partial charge in [-0.1, -0.05) is 18.2 Å². The smallest absolute Gasteiger partial charge is 0.314 e. The van der Waals surface area contributed by atoms with Crippen LogP contribution in [-0.4, -0.2) is 25.1 Å². The molecule has 1 aliphatic rings. The molecule has 0 radical (unpaired) electrons. The van der Waals surface area contributed by atoms with Crippen molar-refractivity contribution < 1.29 is 19.1 Å². The second-order valence-electron chi connectivity index (χ2n) is 7.05. The molecule has 0 unspecified atom stereocenters. The molecule has 1 N–H and O–H groups in total. The van der Waals surface area contributed by atoms with Gasteiger partial charge in [0.15, 0.2) is 0 Å². The molecule has 142 valence electrons. The first-order valence-corrected chi connectivity index (χ1v) is 9.26. The number of esters is 1. The zero-order valence-electron chi connectivity index (χ0n) is 15.8. The molecule has 1 amide bonds. The van der Waals surface area contributed by atoms with Gasteiger partial charge in [-0.05, 0) is 67.6 Å². The molecule has 0 bridgehead atoms. The fraction of sp³-hybridized carbons (Fsp3) is 0.364. The van der Waals surface area contributed by atoms with Crippen LogP contribution in [0.2, 0.25) is 0 Å². The van der Waals surface area contributed by atoms with Crippen LogP contribution in [0.3, 0.4) is 0 Å². The monoisotopic (exact) mass is 367 g/mol. The van der Waals surface area contributed by atoms with Gasteiger partial charge >= 0.3 is 5.97 Å². The molecule has 5 heteroatoms. The molecule has 1 heterocycles. The molecule has 2 aromatic rings. The predicted molar refractivity (Wildman–Crippen MR) is 104 cm³/mol. The first-order chi connectivity index (χ1) is 13.0. The van der Waals surface area contributed by atoms with Crippen LogP contribution in [0.15, 0.2) is 42.5 Å². The van der Waals surface area contributed by atoms with E-state index in [-0.39, 0.29) is 24.2 Å².